The number of likely N-dealkylation sites (tertiary alicyclic amines) is 1. The van der Waals surface area contributed by atoms with Crippen LogP contribution in [0.1, 0.15) is 194 Å². The van der Waals surface area contributed by atoms with Gasteiger partial charge in [-0.15, -0.1) is 0 Å². The van der Waals surface area contributed by atoms with Crippen LogP contribution in [-0.4, -0.2) is 350 Å². The second kappa shape index (κ2) is 62.2. The van der Waals surface area contributed by atoms with Crippen molar-refractivity contribution in [3.05, 3.63) is 0 Å². The highest BCUT2D eigenvalue weighted by atomic mass is 32.4. The van der Waals surface area contributed by atoms with Gasteiger partial charge in [-0.3, -0.25) is 52.7 Å². The zero-order valence-corrected chi connectivity index (χ0v) is 72.3. The molecule has 4 rings (SSSR count). The van der Waals surface area contributed by atoms with E-state index in [1.54, 1.807) is 4.90 Å². The molecule has 0 spiro atoms. The van der Waals surface area contributed by atoms with E-state index >= 15 is 0 Å². The topological polar surface area (TPSA) is 597 Å². The van der Waals surface area contributed by atoms with Crippen molar-refractivity contribution in [2.24, 2.45) is 5.92 Å². The van der Waals surface area contributed by atoms with Gasteiger partial charge >= 0.3 is 0 Å². The van der Waals surface area contributed by atoms with E-state index in [1.165, 1.54) is 20.8 Å². The molecule has 4 fully saturated rings. The molecule has 1 saturated carbocycles. The Morgan fingerprint density at radius 3 is 1.14 bits per heavy atom. The highest BCUT2D eigenvalue weighted by molar-refractivity contribution is 8.00. The van der Waals surface area contributed by atoms with E-state index in [0.29, 0.717) is 90.1 Å². The molecule has 17 atom stereocenters. The predicted octanol–water partition coefficient (Wildman–Crippen LogP) is -4.00. The number of aliphatic hydroxyl groups excluding tert-OH is 9. The fourth-order valence-corrected chi connectivity index (χ4v) is 15.0. The smallest absolute Gasteiger partial charge is 0.222 e. The SMILES string of the molecule is CC(=O)NC1C(OCCCCC(=O)NCCCNC(=O)CCOCC(COCCC(=O)NCCCNC(=O)CCCCOC2OC(CO)C(O)C(O)C2NC(C)=O)(COCCC(=O)NCCCNC(=O)CCCCOC2OC(CO)C(O)C(O)C2NC(C)=O)NC(=O)CCCCCCCCCCC(=O)N2CC[C@H](O[PH](O)=S)C2)CC(CO)C(O)C1O. The summed E-state index contributed by atoms with van der Waals surface area (Å²) < 4.78 is 52.3. The Morgan fingerprint density at radius 2 is 0.760 bits per heavy atom. The molecule has 3 aliphatic heterocycles. The Bertz CT molecular complexity index is 2830. The van der Waals surface area contributed by atoms with Crippen molar-refractivity contribution in [1.82, 2.24) is 58.1 Å². The minimum absolute atomic E-state index is 0.0574. The summed E-state index contributed by atoms with van der Waals surface area (Å²) in [4.78, 5) is 151. The summed E-state index contributed by atoms with van der Waals surface area (Å²) in [7, 11) is -2.25. The summed E-state index contributed by atoms with van der Waals surface area (Å²) in [5.41, 5.74) is -1.43. The molecular formula is C78H140N11O30PS. The van der Waals surface area contributed by atoms with Gasteiger partial charge in [0.2, 0.25) is 65.0 Å². The van der Waals surface area contributed by atoms with Crippen molar-refractivity contribution < 1.29 is 146 Å². The number of carbonyl (C=O) groups excluding carboxylic acids is 11. The van der Waals surface area contributed by atoms with Crippen LogP contribution in [0.4, 0.5) is 0 Å². The van der Waals surface area contributed by atoms with Crippen molar-refractivity contribution in [2.45, 2.75) is 291 Å². The molecule has 41 nitrogen and oxygen atoms in total. The van der Waals surface area contributed by atoms with Crippen LogP contribution in [-0.2, 0) is 107 Å². The standard InChI is InChI=1S/C78H140N11O30PS/c1-51(93)85-67-56(43-54(45-90)70(104)73(67)107)114-37-15-12-21-59(96)79-30-18-33-82-62(99)27-40-111-48-78(88-65(102)24-10-8-6-4-5-7-9-11-25-66(103)89-36-26-55(44-89)119-120(110)121,49-112-41-28-63(100)83-34-19-31-80-60(97)22-13-16-38-115-76-68(86-52(2)94)74(108)71(105)57(46-91)117-76)50-113-42-29-64(101)84-35-20-32-81-61(98)23-14-17-39-116-77-69(87-53(3)95)75(109)72(106)58(47-92)118-77/h54-58,67-77,90-92,104-109,120H,4-50H2,1-3H3,(H,79,96)(H,80,97)(H,81,98)(H,82,99)(H,83,100)(H,84,101)(H,85,93)(H,86,94)(H,87,95)(H,88,102)(H,110,121)/t54?,55-,56?,57?,58?,67?,68?,69?,70?,71?,72?,73?,74?,75?,76?,77?,78?/m0/s1. The largest absolute Gasteiger partial charge is 0.396 e. The van der Waals surface area contributed by atoms with E-state index in [9.17, 15) is 104 Å². The number of aliphatic hydroxyl groups is 9. The van der Waals surface area contributed by atoms with Gasteiger partial charge in [0.05, 0.1) is 77.2 Å². The Labute approximate surface area is 714 Å². The Kier molecular flexibility index (Phi) is 55.2. The lowest BCUT2D eigenvalue weighted by atomic mass is 9.79. The normalized spacial score (nSPS) is 24.8. The van der Waals surface area contributed by atoms with E-state index in [-0.39, 0.29) is 210 Å². The summed E-state index contributed by atoms with van der Waals surface area (Å²) in [6.45, 7) is 3.79. The number of nitrogens with zero attached hydrogens (tertiary/aromatic N) is 1. The molecule has 16 unspecified atom stereocenters. The Balaban J connectivity index is 1.30. The maximum absolute atomic E-state index is 14.0. The molecule has 0 radical (unpaired) electrons. The Morgan fingerprint density at radius 1 is 0.413 bits per heavy atom. The minimum Gasteiger partial charge on any atom is -0.396 e. The van der Waals surface area contributed by atoms with E-state index in [4.69, 9.17) is 54.2 Å². The van der Waals surface area contributed by atoms with Crippen LogP contribution < -0.4 is 53.2 Å². The van der Waals surface area contributed by atoms with E-state index in [2.05, 4.69) is 53.2 Å². The lowest BCUT2D eigenvalue weighted by Gasteiger charge is -2.42. The molecule has 0 aromatic carbocycles. The van der Waals surface area contributed by atoms with E-state index in [0.717, 1.165) is 44.9 Å². The fraction of sp³-hybridized carbons (Fsp3) is 0.859. The zero-order chi connectivity index (χ0) is 88.9. The number of hydrogen-bond acceptors (Lipinski definition) is 30. The number of carbonyl (C=O) groups is 11. The second-order valence-electron chi connectivity index (χ2n) is 31.1. The number of unbranched alkanes of at least 4 members (excludes halogenated alkanes) is 10. The van der Waals surface area contributed by atoms with Gasteiger partial charge in [0.1, 0.15) is 60.4 Å². The summed E-state index contributed by atoms with van der Waals surface area (Å²) in [6, 6.07) is -3.07. The summed E-state index contributed by atoms with van der Waals surface area (Å²) in [5.74, 6) is -4.19. The maximum atomic E-state index is 14.0. The van der Waals surface area contributed by atoms with Crippen LogP contribution in [0, 0.1) is 5.92 Å². The van der Waals surface area contributed by atoms with Gasteiger partial charge in [0.15, 0.2) is 19.7 Å². The summed E-state index contributed by atoms with van der Waals surface area (Å²) >= 11 is 4.80. The maximum Gasteiger partial charge on any atom is 0.222 e. The number of ether oxygens (including phenoxy) is 8. The second-order valence-corrected chi connectivity index (χ2v) is 32.9. The first-order valence-electron chi connectivity index (χ1n) is 42.7. The van der Waals surface area contributed by atoms with Crippen molar-refractivity contribution in [2.75, 3.05) is 132 Å². The summed E-state index contributed by atoms with van der Waals surface area (Å²) in [6.07, 6.45) is -2.18. The van der Waals surface area contributed by atoms with Crippen LogP contribution >= 0.6 is 7.15 Å². The average Bonchev–Trinajstić information content (AvgIpc) is 1.21. The lowest BCUT2D eigenvalue weighted by molar-refractivity contribution is -0.270. The molecule has 0 bridgehead atoms. The molecule has 3 heterocycles. The number of nitrogens with one attached hydrogen (secondary N) is 10. The van der Waals surface area contributed by atoms with Crippen molar-refractivity contribution in [1.29, 1.82) is 0 Å². The number of amides is 11. The molecule has 121 heavy (non-hydrogen) atoms. The predicted molar refractivity (Wildman–Crippen MR) is 438 cm³/mol. The number of rotatable bonds is 65. The van der Waals surface area contributed by atoms with Gasteiger partial charge in [0.25, 0.3) is 0 Å². The average molecular weight is 1780 g/mol. The van der Waals surface area contributed by atoms with Gasteiger partial charge in [-0.25, -0.2) is 0 Å². The van der Waals surface area contributed by atoms with Crippen molar-refractivity contribution in [3.63, 3.8) is 0 Å². The molecule has 4 aliphatic rings. The van der Waals surface area contributed by atoms with Gasteiger partial charge in [-0.2, -0.15) is 0 Å². The molecule has 11 amide bonds. The number of hydrogen-bond donors (Lipinski definition) is 20. The van der Waals surface area contributed by atoms with Crippen LogP contribution in [0.2, 0.25) is 0 Å². The van der Waals surface area contributed by atoms with Crippen LogP contribution in [0.5, 0.6) is 0 Å². The van der Waals surface area contributed by atoms with Crippen molar-refractivity contribution in [3.8, 4) is 0 Å². The van der Waals surface area contributed by atoms with Gasteiger partial charge in [0, 0.05) is 157 Å². The highest BCUT2D eigenvalue weighted by Crippen LogP contribution is 2.30. The molecule has 43 heteroatoms. The molecule has 0 aromatic rings. The first-order chi connectivity index (χ1) is 58.0. The highest BCUT2D eigenvalue weighted by Gasteiger charge is 2.48. The van der Waals surface area contributed by atoms with E-state index < -0.39 is 135 Å². The van der Waals surface area contributed by atoms with E-state index in [1.807, 2.05) is 0 Å². The molecule has 1 aliphatic carbocycles. The van der Waals surface area contributed by atoms with Gasteiger partial charge in [-0.1, -0.05) is 38.5 Å². The molecule has 0 aromatic heterocycles. The molecule has 3 saturated heterocycles. The monoisotopic (exact) mass is 1770 g/mol. The zero-order valence-electron chi connectivity index (χ0n) is 70.5. The van der Waals surface area contributed by atoms with Crippen LogP contribution in [0.15, 0.2) is 0 Å². The molecule has 20 N–H and O–H groups in total. The fourth-order valence-electron chi connectivity index (χ4n) is 14.1. The van der Waals surface area contributed by atoms with Crippen LogP contribution in [0.3, 0.4) is 0 Å². The van der Waals surface area contributed by atoms with Crippen molar-refractivity contribution >= 4 is 83.9 Å². The summed E-state index contributed by atoms with van der Waals surface area (Å²) in [5, 5.41) is 119. The minimum atomic E-state index is -2.25. The van der Waals surface area contributed by atoms with Crippen LogP contribution in [0.25, 0.3) is 0 Å². The van der Waals surface area contributed by atoms with Gasteiger partial charge in [-0.05, 0) is 95.3 Å². The third kappa shape index (κ3) is 44.7. The third-order valence-electron chi connectivity index (χ3n) is 20.8. The quantitative estimate of drug-likeness (QED) is 0.0204. The molecular weight excluding hydrogens is 1630 g/mol. The lowest BCUT2D eigenvalue weighted by Crippen LogP contribution is -2.64. The third-order valence-corrected chi connectivity index (χ3v) is 21.6. The van der Waals surface area contributed by atoms with Gasteiger partial charge < -0.3 is 151 Å². The molecule has 698 valence electrons. The first kappa shape index (κ1) is 107. The first-order valence-corrected chi connectivity index (χ1v) is 45.2. The Hall–Kier alpha value is -5.94.